The molecule has 7 heteroatoms. The van der Waals surface area contributed by atoms with Gasteiger partial charge in [-0.25, -0.2) is 18.6 Å². The largest absolute Gasteiger partial charge is 0.329 e. The highest BCUT2D eigenvalue weighted by Gasteiger charge is 2.13. The Morgan fingerprint density at radius 3 is 2.76 bits per heavy atom. The highest BCUT2D eigenvalue weighted by atomic mass is 32.1. The van der Waals surface area contributed by atoms with E-state index in [1.54, 1.807) is 6.07 Å². The zero-order chi connectivity index (χ0) is 15.4. The zero-order valence-corrected chi connectivity index (χ0v) is 12.4. The molecule has 1 aromatic heterocycles. The summed E-state index contributed by atoms with van der Waals surface area (Å²) < 4.78 is 25.2. The van der Waals surface area contributed by atoms with Crippen LogP contribution in [-0.4, -0.2) is 11.0 Å². The summed E-state index contributed by atoms with van der Waals surface area (Å²) >= 11 is 1.46. The van der Waals surface area contributed by atoms with Gasteiger partial charge in [0.15, 0.2) is 0 Å². The quantitative estimate of drug-likeness (QED) is 0.886. The molecule has 0 unspecified atom stereocenters. The number of halogens is 2. The Balaban J connectivity index is 1.97. The Morgan fingerprint density at radius 2 is 2.14 bits per heavy atom. The molecule has 0 saturated carbocycles. The molecule has 0 aliphatic heterocycles. The Kier molecular flexibility index (Phi) is 4.85. The van der Waals surface area contributed by atoms with Gasteiger partial charge in [-0.3, -0.25) is 0 Å². The van der Waals surface area contributed by atoms with Gasteiger partial charge in [0, 0.05) is 22.3 Å². The van der Waals surface area contributed by atoms with Crippen LogP contribution in [0.15, 0.2) is 29.6 Å². The summed E-state index contributed by atoms with van der Waals surface area (Å²) in [6, 6.07) is 4.90. The lowest BCUT2D eigenvalue weighted by Crippen LogP contribution is -2.31. The van der Waals surface area contributed by atoms with E-state index in [9.17, 15) is 13.6 Å². The van der Waals surface area contributed by atoms with Gasteiger partial charge in [-0.05, 0) is 26.0 Å². The van der Waals surface area contributed by atoms with Crippen LogP contribution in [0, 0.1) is 6.92 Å². The number of carbonyl (C=O) groups excluding carboxylic acids is 1. The van der Waals surface area contributed by atoms with Crippen LogP contribution in [0.1, 0.15) is 35.7 Å². The number of urea groups is 1. The summed E-state index contributed by atoms with van der Waals surface area (Å²) in [5.74, 6) is 0. The highest BCUT2D eigenvalue weighted by molar-refractivity contribution is 7.09. The van der Waals surface area contributed by atoms with Crippen LogP contribution in [-0.2, 0) is 0 Å². The molecule has 4 nitrogen and oxygen atoms in total. The molecule has 1 heterocycles. The van der Waals surface area contributed by atoms with Crippen LogP contribution >= 0.6 is 11.3 Å². The number of carbonyl (C=O) groups is 1. The molecule has 0 bridgehead atoms. The molecular formula is C14H15F2N3OS. The Labute approximate surface area is 125 Å². The fourth-order valence-corrected chi connectivity index (χ4v) is 2.55. The van der Waals surface area contributed by atoms with E-state index in [0.717, 1.165) is 10.7 Å². The summed E-state index contributed by atoms with van der Waals surface area (Å²) in [5.41, 5.74) is 1.10. The minimum absolute atomic E-state index is 0.128. The van der Waals surface area contributed by atoms with E-state index >= 15 is 0 Å². The Hall–Kier alpha value is -2.02. The van der Waals surface area contributed by atoms with E-state index < -0.39 is 12.5 Å². The molecule has 2 aromatic rings. The van der Waals surface area contributed by atoms with Crippen LogP contribution in [0.4, 0.5) is 19.3 Å². The number of anilines is 1. The van der Waals surface area contributed by atoms with Gasteiger partial charge in [-0.1, -0.05) is 12.1 Å². The molecule has 2 rings (SSSR count). The Morgan fingerprint density at radius 1 is 1.38 bits per heavy atom. The fraction of sp³-hybridized carbons (Fsp3) is 0.286. The Bertz CT molecular complexity index is 630. The third kappa shape index (κ3) is 4.22. The number of rotatable bonds is 4. The number of aryl methyl sites for hydroxylation is 1. The number of nitrogens with zero attached hydrogens (tertiary/aromatic N) is 1. The third-order valence-corrected chi connectivity index (χ3v) is 3.90. The molecule has 2 N–H and O–H groups in total. The van der Waals surface area contributed by atoms with E-state index in [2.05, 4.69) is 15.6 Å². The summed E-state index contributed by atoms with van der Waals surface area (Å²) in [7, 11) is 0. The van der Waals surface area contributed by atoms with Gasteiger partial charge in [-0.15, -0.1) is 11.3 Å². The van der Waals surface area contributed by atoms with Crippen molar-refractivity contribution < 1.29 is 13.6 Å². The molecule has 0 aliphatic rings. The number of amides is 2. The molecule has 0 fully saturated rings. The molecule has 0 aliphatic carbocycles. The second-order valence-corrected chi connectivity index (χ2v) is 5.46. The van der Waals surface area contributed by atoms with Crippen LogP contribution in [0.25, 0.3) is 0 Å². The average molecular weight is 311 g/mol. The summed E-state index contributed by atoms with van der Waals surface area (Å²) in [4.78, 5) is 16.1. The first-order valence-corrected chi connectivity index (χ1v) is 7.21. The summed E-state index contributed by atoms with van der Waals surface area (Å²) in [5, 5.41) is 7.95. The van der Waals surface area contributed by atoms with E-state index in [4.69, 9.17) is 0 Å². The number of thiazole rings is 1. The minimum atomic E-state index is -2.56. The zero-order valence-electron chi connectivity index (χ0n) is 11.6. The van der Waals surface area contributed by atoms with Crippen molar-refractivity contribution in [1.82, 2.24) is 10.3 Å². The number of nitrogens with one attached hydrogen (secondary N) is 2. The van der Waals surface area contributed by atoms with Gasteiger partial charge in [0.25, 0.3) is 6.43 Å². The first-order chi connectivity index (χ1) is 9.95. The molecule has 112 valence electrons. The van der Waals surface area contributed by atoms with Crippen molar-refractivity contribution >= 4 is 23.1 Å². The SMILES string of the molecule is Cc1csc([C@@H](C)NC(=O)Nc2cccc(C(F)F)c2)n1. The molecule has 1 aromatic carbocycles. The molecule has 0 spiro atoms. The molecule has 1 atom stereocenters. The normalized spacial score (nSPS) is 12.2. The maximum Gasteiger partial charge on any atom is 0.319 e. The lowest BCUT2D eigenvalue weighted by Gasteiger charge is -2.13. The number of hydrogen-bond acceptors (Lipinski definition) is 3. The minimum Gasteiger partial charge on any atom is -0.329 e. The average Bonchev–Trinajstić information content (AvgIpc) is 2.85. The maximum absolute atomic E-state index is 12.6. The van der Waals surface area contributed by atoms with Gasteiger partial charge < -0.3 is 10.6 Å². The van der Waals surface area contributed by atoms with Crippen molar-refractivity contribution in [3.63, 3.8) is 0 Å². The van der Waals surface area contributed by atoms with Crippen molar-refractivity contribution in [2.24, 2.45) is 0 Å². The number of benzene rings is 1. The predicted octanol–water partition coefficient (Wildman–Crippen LogP) is 4.27. The van der Waals surface area contributed by atoms with Crippen molar-refractivity contribution in [1.29, 1.82) is 0 Å². The smallest absolute Gasteiger partial charge is 0.319 e. The number of hydrogen-bond donors (Lipinski definition) is 2. The molecule has 21 heavy (non-hydrogen) atoms. The molecule has 0 saturated heterocycles. The second-order valence-electron chi connectivity index (χ2n) is 4.57. The van der Waals surface area contributed by atoms with E-state index in [1.165, 1.54) is 29.5 Å². The monoisotopic (exact) mass is 311 g/mol. The standard InChI is InChI=1S/C14H15F2N3OS/c1-8-7-21-13(17-8)9(2)18-14(20)19-11-5-3-4-10(6-11)12(15)16/h3-7,9,12H,1-2H3,(H2,18,19,20)/t9-/m1/s1. The molecule has 0 radical (unpaired) electrons. The lowest BCUT2D eigenvalue weighted by molar-refractivity contribution is 0.151. The maximum atomic E-state index is 12.6. The van der Waals surface area contributed by atoms with E-state index in [1.807, 2.05) is 19.2 Å². The van der Waals surface area contributed by atoms with Gasteiger partial charge in [-0.2, -0.15) is 0 Å². The first kappa shape index (κ1) is 15.4. The first-order valence-electron chi connectivity index (χ1n) is 6.33. The predicted molar refractivity (Wildman–Crippen MR) is 78.8 cm³/mol. The van der Waals surface area contributed by atoms with Crippen LogP contribution in [0.2, 0.25) is 0 Å². The fourth-order valence-electron chi connectivity index (χ4n) is 1.75. The molecular weight excluding hydrogens is 296 g/mol. The number of aromatic nitrogens is 1. The lowest BCUT2D eigenvalue weighted by atomic mass is 10.2. The molecule has 2 amide bonds. The van der Waals surface area contributed by atoms with Crippen molar-refractivity contribution in [2.45, 2.75) is 26.3 Å². The second kappa shape index (κ2) is 6.62. The van der Waals surface area contributed by atoms with Gasteiger partial charge in [0.2, 0.25) is 0 Å². The summed E-state index contributed by atoms with van der Waals surface area (Å²) in [6.45, 7) is 3.69. The highest BCUT2D eigenvalue weighted by Crippen LogP contribution is 2.22. The number of alkyl halides is 2. The van der Waals surface area contributed by atoms with Crippen LogP contribution < -0.4 is 10.6 Å². The van der Waals surface area contributed by atoms with Crippen LogP contribution in [0.5, 0.6) is 0 Å². The van der Waals surface area contributed by atoms with Gasteiger partial charge in [0.1, 0.15) is 5.01 Å². The van der Waals surface area contributed by atoms with Gasteiger partial charge >= 0.3 is 6.03 Å². The van der Waals surface area contributed by atoms with Crippen LogP contribution in [0.3, 0.4) is 0 Å². The van der Waals surface area contributed by atoms with E-state index in [-0.39, 0.29) is 11.6 Å². The van der Waals surface area contributed by atoms with Crippen molar-refractivity contribution in [3.05, 3.63) is 45.9 Å². The third-order valence-electron chi connectivity index (χ3n) is 2.75. The van der Waals surface area contributed by atoms with Gasteiger partial charge in [0.05, 0.1) is 6.04 Å². The van der Waals surface area contributed by atoms with E-state index in [0.29, 0.717) is 5.69 Å². The topological polar surface area (TPSA) is 54.0 Å². The van der Waals surface area contributed by atoms with Crippen molar-refractivity contribution in [3.8, 4) is 0 Å². The summed E-state index contributed by atoms with van der Waals surface area (Å²) in [6.07, 6.45) is -2.56. The van der Waals surface area contributed by atoms with Crippen molar-refractivity contribution in [2.75, 3.05) is 5.32 Å².